The molecule has 0 aliphatic carbocycles. The van der Waals surface area contributed by atoms with E-state index >= 15 is 0 Å². The number of halogens is 1. The van der Waals surface area contributed by atoms with Gasteiger partial charge in [0.15, 0.2) is 0 Å². The van der Waals surface area contributed by atoms with E-state index in [4.69, 9.17) is 17.3 Å². The quantitative estimate of drug-likeness (QED) is 0.889. The van der Waals surface area contributed by atoms with Crippen LogP contribution in [0.15, 0.2) is 23.6 Å². The Bertz CT molecular complexity index is 507. The van der Waals surface area contributed by atoms with Gasteiger partial charge in [0.2, 0.25) is 0 Å². The van der Waals surface area contributed by atoms with Crippen LogP contribution >= 0.6 is 22.9 Å². The summed E-state index contributed by atoms with van der Waals surface area (Å²) < 4.78 is 0. The minimum Gasteiger partial charge on any atom is -0.319 e. The monoisotopic (exact) mass is 252 g/mol. The number of nitrogens with zero attached hydrogens (tertiary/aromatic N) is 1. The van der Waals surface area contributed by atoms with Crippen molar-refractivity contribution in [2.24, 2.45) is 5.73 Å². The first-order valence-corrected chi connectivity index (χ1v) is 6.27. The van der Waals surface area contributed by atoms with Gasteiger partial charge >= 0.3 is 0 Å². The Balaban J connectivity index is 2.33. The molecule has 0 saturated heterocycles. The summed E-state index contributed by atoms with van der Waals surface area (Å²) in [6, 6.07) is 5.70. The molecule has 1 aromatic heterocycles. The van der Waals surface area contributed by atoms with Gasteiger partial charge in [-0.2, -0.15) is 0 Å². The summed E-state index contributed by atoms with van der Waals surface area (Å²) in [7, 11) is 0. The van der Waals surface area contributed by atoms with E-state index in [2.05, 4.69) is 4.98 Å². The second-order valence-corrected chi connectivity index (χ2v) is 5.25. The molecule has 0 fully saturated rings. The fourth-order valence-electron chi connectivity index (χ4n) is 1.50. The zero-order valence-electron chi connectivity index (χ0n) is 9.20. The highest BCUT2D eigenvalue weighted by Crippen LogP contribution is 2.25. The first kappa shape index (κ1) is 11.6. The van der Waals surface area contributed by atoms with Gasteiger partial charge in [-0.3, -0.25) is 0 Å². The number of thiazole rings is 1. The summed E-state index contributed by atoms with van der Waals surface area (Å²) in [6.45, 7) is 3.95. The first-order valence-electron chi connectivity index (χ1n) is 5.01. The van der Waals surface area contributed by atoms with E-state index in [9.17, 15) is 0 Å². The number of nitrogens with two attached hydrogens (primary N) is 1. The Morgan fingerprint density at radius 1 is 1.38 bits per heavy atom. The molecule has 1 heterocycles. The lowest BCUT2D eigenvalue weighted by Crippen LogP contribution is -2.12. The summed E-state index contributed by atoms with van der Waals surface area (Å²) in [5, 5.41) is 3.77. The Hall–Kier alpha value is -0.900. The Labute approximate surface area is 104 Å². The van der Waals surface area contributed by atoms with Gasteiger partial charge in [0.05, 0.1) is 16.7 Å². The molecule has 0 saturated carbocycles. The van der Waals surface area contributed by atoms with Crippen LogP contribution in [0.4, 0.5) is 0 Å². The summed E-state index contributed by atoms with van der Waals surface area (Å²) in [5.41, 5.74) is 9.10. The van der Waals surface area contributed by atoms with E-state index in [0.717, 1.165) is 26.9 Å². The SMILES string of the molecule is Cc1nc(C(N)c2ccc(C)c(Cl)c2)cs1. The molecule has 0 amide bonds. The minimum absolute atomic E-state index is 0.192. The van der Waals surface area contributed by atoms with E-state index in [1.54, 1.807) is 11.3 Å². The average molecular weight is 253 g/mol. The Morgan fingerprint density at radius 3 is 2.69 bits per heavy atom. The number of hydrogen-bond acceptors (Lipinski definition) is 3. The van der Waals surface area contributed by atoms with Gasteiger partial charge in [-0.15, -0.1) is 11.3 Å². The van der Waals surface area contributed by atoms with Crippen LogP contribution in [0.5, 0.6) is 0 Å². The van der Waals surface area contributed by atoms with E-state index in [1.807, 2.05) is 37.4 Å². The molecule has 16 heavy (non-hydrogen) atoms. The highest BCUT2D eigenvalue weighted by atomic mass is 35.5. The fourth-order valence-corrected chi connectivity index (χ4v) is 2.33. The van der Waals surface area contributed by atoms with Crippen molar-refractivity contribution < 1.29 is 0 Å². The largest absolute Gasteiger partial charge is 0.319 e. The van der Waals surface area contributed by atoms with E-state index in [-0.39, 0.29) is 6.04 Å². The standard InChI is InChI=1S/C12H13ClN2S/c1-7-3-4-9(5-10(7)13)12(14)11-6-16-8(2)15-11/h3-6,12H,14H2,1-2H3. The molecular weight excluding hydrogens is 240 g/mol. The molecule has 2 aromatic rings. The van der Waals surface area contributed by atoms with Crippen molar-refractivity contribution in [1.29, 1.82) is 0 Å². The van der Waals surface area contributed by atoms with Crippen molar-refractivity contribution in [3.8, 4) is 0 Å². The zero-order chi connectivity index (χ0) is 11.7. The van der Waals surface area contributed by atoms with Gasteiger partial charge in [-0.05, 0) is 31.0 Å². The molecule has 1 atom stereocenters. The molecule has 2 N–H and O–H groups in total. The second-order valence-electron chi connectivity index (χ2n) is 3.78. The number of hydrogen-bond donors (Lipinski definition) is 1. The third-order valence-electron chi connectivity index (χ3n) is 2.51. The molecule has 4 heteroatoms. The maximum atomic E-state index is 6.13. The molecule has 2 rings (SSSR count). The van der Waals surface area contributed by atoms with Crippen LogP contribution in [-0.4, -0.2) is 4.98 Å². The molecule has 1 aromatic carbocycles. The van der Waals surface area contributed by atoms with Gasteiger partial charge in [-0.1, -0.05) is 23.7 Å². The van der Waals surface area contributed by atoms with Crippen molar-refractivity contribution in [1.82, 2.24) is 4.98 Å². The van der Waals surface area contributed by atoms with Crippen LogP contribution in [0, 0.1) is 13.8 Å². The predicted octanol–water partition coefficient (Wildman–Crippen LogP) is 3.46. The molecule has 0 aliphatic rings. The Morgan fingerprint density at radius 2 is 2.12 bits per heavy atom. The molecule has 0 radical (unpaired) electrons. The summed E-state index contributed by atoms with van der Waals surface area (Å²) in [5.74, 6) is 0. The minimum atomic E-state index is -0.192. The molecule has 2 nitrogen and oxygen atoms in total. The number of rotatable bonds is 2. The number of benzene rings is 1. The fraction of sp³-hybridized carbons (Fsp3) is 0.250. The second kappa shape index (κ2) is 4.53. The lowest BCUT2D eigenvalue weighted by molar-refractivity contribution is 0.834. The van der Waals surface area contributed by atoms with Gasteiger partial charge in [-0.25, -0.2) is 4.98 Å². The van der Waals surface area contributed by atoms with Gasteiger partial charge < -0.3 is 5.73 Å². The maximum absolute atomic E-state index is 6.13. The topological polar surface area (TPSA) is 38.9 Å². The third kappa shape index (κ3) is 2.26. The molecular formula is C12H13ClN2S. The summed E-state index contributed by atoms with van der Waals surface area (Å²) >= 11 is 7.69. The van der Waals surface area contributed by atoms with Crippen molar-refractivity contribution in [2.75, 3.05) is 0 Å². The van der Waals surface area contributed by atoms with Crippen molar-refractivity contribution >= 4 is 22.9 Å². The molecule has 0 aliphatic heterocycles. The van der Waals surface area contributed by atoms with Gasteiger partial charge in [0.1, 0.15) is 0 Å². The van der Waals surface area contributed by atoms with Crippen LogP contribution in [0.25, 0.3) is 0 Å². The molecule has 0 bridgehead atoms. The Kier molecular flexibility index (Phi) is 3.28. The lowest BCUT2D eigenvalue weighted by atomic mass is 10.0. The maximum Gasteiger partial charge on any atom is 0.0898 e. The molecule has 84 valence electrons. The van der Waals surface area contributed by atoms with Crippen LogP contribution in [-0.2, 0) is 0 Å². The summed E-state index contributed by atoms with van der Waals surface area (Å²) in [4.78, 5) is 4.39. The van der Waals surface area contributed by atoms with E-state index in [1.165, 1.54) is 0 Å². The van der Waals surface area contributed by atoms with Crippen molar-refractivity contribution in [2.45, 2.75) is 19.9 Å². The number of aryl methyl sites for hydroxylation is 2. The summed E-state index contributed by atoms with van der Waals surface area (Å²) in [6.07, 6.45) is 0. The van der Waals surface area contributed by atoms with Gasteiger partial charge in [0, 0.05) is 10.4 Å². The predicted molar refractivity (Wildman–Crippen MR) is 69.1 cm³/mol. The zero-order valence-corrected chi connectivity index (χ0v) is 10.8. The third-order valence-corrected chi connectivity index (χ3v) is 3.71. The highest BCUT2D eigenvalue weighted by molar-refractivity contribution is 7.09. The normalized spacial score (nSPS) is 12.8. The van der Waals surface area contributed by atoms with E-state index < -0.39 is 0 Å². The lowest BCUT2D eigenvalue weighted by Gasteiger charge is -2.10. The van der Waals surface area contributed by atoms with Crippen LogP contribution in [0.1, 0.15) is 27.9 Å². The van der Waals surface area contributed by atoms with Gasteiger partial charge in [0.25, 0.3) is 0 Å². The van der Waals surface area contributed by atoms with Crippen LogP contribution in [0.2, 0.25) is 5.02 Å². The number of aromatic nitrogens is 1. The van der Waals surface area contributed by atoms with E-state index in [0.29, 0.717) is 0 Å². The first-order chi connectivity index (χ1) is 7.58. The molecule has 0 spiro atoms. The highest BCUT2D eigenvalue weighted by Gasteiger charge is 2.12. The molecule has 1 unspecified atom stereocenters. The average Bonchev–Trinajstić information content (AvgIpc) is 2.68. The smallest absolute Gasteiger partial charge is 0.0898 e. The van der Waals surface area contributed by atoms with Crippen LogP contribution < -0.4 is 5.73 Å². The van der Waals surface area contributed by atoms with Crippen LogP contribution in [0.3, 0.4) is 0 Å². The van der Waals surface area contributed by atoms with Crippen molar-refractivity contribution in [3.63, 3.8) is 0 Å². The van der Waals surface area contributed by atoms with Crippen molar-refractivity contribution in [3.05, 3.63) is 50.4 Å².